The fourth-order valence-corrected chi connectivity index (χ4v) is 0.978. The van der Waals surface area contributed by atoms with Gasteiger partial charge in [-0.05, 0) is 12.8 Å². The zero-order valence-electron chi connectivity index (χ0n) is 7.00. The van der Waals surface area contributed by atoms with Crippen molar-refractivity contribution in [1.82, 2.24) is 0 Å². The van der Waals surface area contributed by atoms with Crippen LogP contribution in [-0.4, -0.2) is 12.9 Å². The molecule has 0 fully saturated rings. The monoisotopic (exact) mass is 176 g/mol. The van der Waals surface area contributed by atoms with Gasteiger partial charge in [0.2, 0.25) is 0 Å². The van der Waals surface area contributed by atoms with Crippen LogP contribution < -0.4 is 0 Å². The number of benzene rings is 1. The Balaban J connectivity index is 3.19. The average molecular weight is 176 g/mol. The van der Waals surface area contributed by atoms with Crippen molar-refractivity contribution in [1.29, 1.82) is 5.41 Å². The smallest absolute Gasteiger partial charge is 0.131 e. The summed E-state index contributed by atoms with van der Waals surface area (Å²) in [5.74, 6) is -0.360. The molecule has 0 bridgehead atoms. The lowest BCUT2D eigenvalue weighted by Crippen LogP contribution is -1.89. The van der Waals surface area contributed by atoms with Gasteiger partial charge in [0.25, 0.3) is 0 Å². The molecule has 1 aromatic rings. The molecular formula is C10H9FN2. The summed E-state index contributed by atoms with van der Waals surface area (Å²) < 4.78 is 13.1. The number of hydrogen-bond donors (Lipinski definition) is 1. The minimum absolute atomic E-state index is 0.360. The van der Waals surface area contributed by atoms with Gasteiger partial charge >= 0.3 is 0 Å². The molecule has 1 aromatic carbocycles. The van der Waals surface area contributed by atoms with Crippen molar-refractivity contribution in [2.24, 2.45) is 4.99 Å². The third-order valence-corrected chi connectivity index (χ3v) is 1.57. The normalized spacial score (nSPS) is 11.0. The summed E-state index contributed by atoms with van der Waals surface area (Å²) in [6, 6.07) is 6.24. The Bertz CT molecular complexity index is 356. The van der Waals surface area contributed by atoms with Crippen LogP contribution in [0.3, 0.4) is 0 Å². The van der Waals surface area contributed by atoms with Crippen LogP contribution >= 0.6 is 0 Å². The molecule has 3 heteroatoms. The summed E-state index contributed by atoms with van der Waals surface area (Å²) in [7, 11) is 0. The van der Waals surface area contributed by atoms with E-state index in [0.29, 0.717) is 11.1 Å². The van der Waals surface area contributed by atoms with Crippen molar-refractivity contribution >= 4 is 18.5 Å². The Labute approximate surface area is 75.9 Å². The standard InChI is InChI=1S/C10H9FN2/c1-13-7-8(6-12)9-4-2-3-5-10(9)11/h2-7,12H,1H2/b8-7+,12-6?. The van der Waals surface area contributed by atoms with E-state index in [9.17, 15) is 4.39 Å². The minimum Gasteiger partial charge on any atom is -0.308 e. The van der Waals surface area contributed by atoms with Crippen LogP contribution in [0.5, 0.6) is 0 Å². The predicted octanol–water partition coefficient (Wildman–Crippen LogP) is 2.52. The highest BCUT2D eigenvalue weighted by molar-refractivity contribution is 6.08. The second kappa shape index (κ2) is 4.30. The third-order valence-electron chi connectivity index (χ3n) is 1.57. The highest BCUT2D eigenvalue weighted by atomic mass is 19.1. The van der Waals surface area contributed by atoms with Crippen molar-refractivity contribution in [3.63, 3.8) is 0 Å². The van der Waals surface area contributed by atoms with E-state index < -0.39 is 0 Å². The topological polar surface area (TPSA) is 36.2 Å². The zero-order valence-corrected chi connectivity index (χ0v) is 7.00. The summed E-state index contributed by atoms with van der Waals surface area (Å²) in [4.78, 5) is 3.49. The van der Waals surface area contributed by atoms with E-state index in [4.69, 9.17) is 5.41 Å². The van der Waals surface area contributed by atoms with Gasteiger partial charge in [-0.3, -0.25) is 4.99 Å². The Hall–Kier alpha value is -1.77. The number of allylic oxidation sites excluding steroid dienone is 1. The second-order valence-electron chi connectivity index (χ2n) is 2.39. The lowest BCUT2D eigenvalue weighted by Gasteiger charge is -2.00. The largest absolute Gasteiger partial charge is 0.308 e. The highest BCUT2D eigenvalue weighted by Gasteiger charge is 2.03. The van der Waals surface area contributed by atoms with Crippen LogP contribution in [-0.2, 0) is 0 Å². The van der Waals surface area contributed by atoms with Gasteiger partial charge in [-0.1, -0.05) is 18.2 Å². The molecule has 0 spiro atoms. The van der Waals surface area contributed by atoms with Crippen molar-refractivity contribution in [2.75, 3.05) is 0 Å². The fourth-order valence-electron chi connectivity index (χ4n) is 0.978. The average Bonchev–Trinajstić information content (AvgIpc) is 2.16. The number of nitrogens with zero attached hydrogens (tertiary/aromatic N) is 1. The van der Waals surface area contributed by atoms with Crippen molar-refractivity contribution in [2.45, 2.75) is 0 Å². The number of nitrogens with one attached hydrogen (secondary N) is 1. The molecule has 13 heavy (non-hydrogen) atoms. The van der Waals surface area contributed by atoms with Gasteiger partial charge in [-0.25, -0.2) is 4.39 Å². The summed E-state index contributed by atoms with van der Waals surface area (Å²) in [6.45, 7) is 3.25. The number of rotatable bonds is 3. The molecule has 0 amide bonds. The van der Waals surface area contributed by atoms with Gasteiger partial charge in [0.1, 0.15) is 5.82 Å². The van der Waals surface area contributed by atoms with Gasteiger partial charge in [-0.15, -0.1) is 0 Å². The zero-order chi connectivity index (χ0) is 9.68. The van der Waals surface area contributed by atoms with Gasteiger partial charge in [0, 0.05) is 23.6 Å². The maximum absolute atomic E-state index is 13.1. The molecule has 0 saturated carbocycles. The minimum atomic E-state index is -0.360. The summed E-state index contributed by atoms with van der Waals surface area (Å²) >= 11 is 0. The van der Waals surface area contributed by atoms with Crippen LogP contribution in [0.15, 0.2) is 35.5 Å². The second-order valence-corrected chi connectivity index (χ2v) is 2.39. The highest BCUT2D eigenvalue weighted by Crippen LogP contribution is 2.15. The molecule has 0 aromatic heterocycles. The molecule has 0 heterocycles. The van der Waals surface area contributed by atoms with Crippen LogP contribution in [0.25, 0.3) is 5.57 Å². The maximum atomic E-state index is 13.1. The van der Waals surface area contributed by atoms with Crippen molar-refractivity contribution in [3.05, 3.63) is 41.8 Å². The first-order valence-electron chi connectivity index (χ1n) is 3.71. The van der Waals surface area contributed by atoms with Gasteiger partial charge in [0.05, 0.1) is 0 Å². The Morgan fingerprint density at radius 1 is 1.46 bits per heavy atom. The summed E-state index contributed by atoms with van der Waals surface area (Å²) in [5, 5.41) is 7.05. The van der Waals surface area contributed by atoms with E-state index in [1.165, 1.54) is 12.3 Å². The quantitative estimate of drug-likeness (QED) is 0.687. The molecule has 1 rings (SSSR count). The lowest BCUT2D eigenvalue weighted by molar-refractivity contribution is 0.624. The van der Waals surface area contributed by atoms with Crippen LogP contribution in [0.1, 0.15) is 5.56 Å². The number of halogens is 1. The van der Waals surface area contributed by atoms with Crippen molar-refractivity contribution < 1.29 is 4.39 Å². The summed E-state index contributed by atoms with van der Waals surface area (Å²) in [5.41, 5.74) is 0.776. The Morgan fingerprint density at radius 2 is 2.15 bits per heavy atom. The SMILES string of the molecule is C=N/C=C(\C=N)c1ccccc1F. The van der Waals surface area contributed by atoms with Crippen LogP contribution in [0, 0.1) is 11.2 Å². The first-order valence-corrected chi connectivity index (χ1v) is 3.71. The molecule has 0 unspecified atom stereocenters. The molecule has 2 nitrogen and oxygen atoms in total. The van der Waals surface area contributed by atoms with Crippen LogP contribution in [0.4, 0.5) is 4.39 Å². The molecule has 0 radical (unpaired) electrons. The Kier molecular flexibility index (Phi) is 3.09. The predicted molar refractivity (Wildman–Crippen MR) is 52.7 cm³/mol. The maximum Gasteiger partial charge on any atom is 0.131 e. The van der Waals surface area contributed by atoms with E-state index in [0.717, 1.165) is 6.21 Å². The molecule has 66 valence electrons. The fraction of sp³-hybridized carbons (Fsp3) is 0. The molecule has 0 aliphatic heterocycles. The summed E-state index contributed by atoms with van der Waals surface area (Å²) in [6.07, 6.45) is 2.40. The van der Waals surface area contributed by atoms with E-state index in [-0.39, 0.29) is 5.82 Å². The molecular weight excluding hydrogens is 167 g/mol. The molecule has 0 aliphatic rings. The molecule has 0 saturated heterocycles. The Morgan fingerprint density at radius 3 is 2.69 bits per heavy atom. The molecule has 0 aliphatic carbocycles. The van der Waals surface area contributed by atoms with E-state index in [1.807, 2.05) is 0 Å². The van der Waals surface area contributed by atoms with Gasteiger partial charge in [-0.2, -0.15) is 0 Å². The van der Waals surface area contributed by atoms with E-state index in [2.05, 4.69) is 11.7 Å². The first kappa shape index (κ1) is 9.32. The van der Waals surface area contributed by atoms with Gasteiger partial charge < -0.3 is 5.41 Å². The van der Waals surface area contributed by atoms with Crippen LogP contribution in [0.2, 0.25) is 0 Å². The molecule has 1 N–H and O–H groups in total. The first-order chi connectivity index (χ1) is 6.29. The van der Waals surface area contributed by atoms with Gasteiger partial charge in [0.15, 0.2) is 0 Å². The lowest BCUT2D eigenvalue weighted by atomic mass is 10.1. The number of hydrogen-bond acceptors (Lipinski definition) is 2. The number of aliphatic imine (C=N–C) groups is 1. The van der Waals surface area contributed by atoms with Crippen molar-refractivity contribution in [3.8, 4) is 0 Å². The molecule has 0 atom stereocenters. The van der Waals surface area contributed by atoms with E-state index in [1.54, 1.807) is 18.2 Å². The van der Waals surface area contributed by atoms with E-state index >= 15 is 0 Å². The third kappa shape index (κ3) is 2.08.